The van der Waals surface area contributed by atoms with E-state index in [0.717, 1.165) is 0 Å². The highest BCUT2D eigenvalue weighted by Crippen LogP contribution is 2.36. The van der Waals surface area contributed by atoms with Crippen molar-refractivity contribution in [3.63, 3.8) is 0 Å². The topological polar surface area (TPSA) is 78.4 Å². The molecule has 0 heterocycles. The fourth-order valence-electron chi connectivity index (χ4n) is 1.40. The van der Waals surface area contributed by atoms with Crippen molar-refractivity contribution in [3.8, 4) is 11.5 Å². The van der Waals surface area contributed by atoms with Crippen LogP contribution in [0.1, 0.15) is 0 Å². The first-order valence-corrected chi connectivity index (χ1v) is 5.42. The summed E-state index contributed by atoms with van der Waals surface area (Å²) in [5.41, 5.74) is 5.61. The standard InChI is InChI=1S/C12H9ClN2O3/c13-9-6-11(15(16)17)12(7-10(9)14)18-8-4-2-1-3-5-8/h1-7H,14H2. The Morgan fingerprint density at radius 2 is 1.89 bits per heavy atom. The average molecular weight is 265 g/mol. The molecule has 2 aromatic carbocycles. The molecule has 2 aromatic rings. The van der Waals surface area contributed by atoms with Gasteiger partial charge in [0, 0.05) is 12.1 Å². The minimum Gasteiger partial charge on any atom is -0.450 e. The summed E-state index contributed by atoms with van der Waals surface area (Å²) in [6, 6.07) is 11.2. The molecule has 0 atom stereocenters. The molecule has 2 rings (SSSR count). The number of nitrogen functional groups attached to an aromatic ring is 1. The number of hydrogen-bond acceptors (Lipinski definition) is 4. The number of nitrogens with zero attached hydrogens (tertiary/aromatic N) is 1. The predicted octanol–water partition coefficient (Wildman–Crippen LogP) is 3.62. The lowest BCUT2D eigenvalue weighted by Gasteiger charge is -2.07. The third kappa shape index (κ3) is 2.52. The SMILES string of the molecule is Nc1cc(Oc2ccccc2)c([N+](=O)[O-])cc1Cl. The lowest BCUT2D eigenvalue weighted by molar-refractivity contribution is -0.385. The first-order chi connectivity index (χ1) is 8.58. The van der Waals surface area contributed by atoms with Crippen molar-refractivity contribution in [3.05, 3.63) is 57.6 Å². The Morgan fingerprint density at radius 3 is 2.50 bits per heavy atom. The highest BCUT2D eigenvalue weighted by molar-refractivity contribution is 6.33. The van der Waals surface area contributed by atoms with E-state index in [9.17, 15) is 10.1 Å². The first kappa shape index (κ1) is 12.2. The maximum Gasteiger partial charge on any atom is 0.313 e. The van der Waals surface area contributed by atoms with Gasteiger partial charge in [0.25, 0.3) is 0 Å². The van der Waals surface area contributed by atoms with Crippen molar-refractivity contribution in [2.45, 2.75) is 0 Å². The van der Waals surface area contributed by atoms with E-state index < -0.39 is 4.92 Å². The molecule has 0 saturated heterocycles. The second kappa shape index (κ2) is 4.93. The molecule has 2 N–H and O–H groups in total. The Bertz CT molecular complexity index is 587. The minimum atomic E-state index is -0.566. The molecule has 0 aliphatic rings. The number of rotatable bonds is 3. The monoisotopic (exact) mass is 264 g/mol. The molecule has 0 spiro atoms. The summed E-state index contributed by atoms with van der Waals surface area (Å²) < 4.78 is 5.43. The quantitative estimate of drug-likeness (QED) is 0.522. The molecule has 0 bridgehead atoms. The smallest absolute Gasteiger partial charge is 0.313 e. The fourth-order valence-corrected chi connectivity index (χ4v) is 1.56. The molecule has 0 unspecified atom stereocenters. The van der Waals surface area contributed by atoms with Crippen molar-refractivity contribution in [1.82, 2.24) is 0 Å². The van der Waals surface area contributed by atoms with Crippen LogP contribution in [-0.4, -0.2) is 4.92 Å². The zero-order valence-corrected chi connectivity index (χ0v) is 9.92. The second-order valence-corrected chi connectivity index (χ2v) is 3.92. The third-order valence-electron chi connectivity index (χ3n) is 2.25. The molecule has 18 heavy (non-hydrogen) atoms. The van der Waals surface area contributed by atoms with Gasteiger partial charge in [0.2, 0.25) is 5.75 Å². The number of nitro groups is 1. The van der Waals surface area contributed by atoms with Crippen LogP contribution in [0.2, 0.25) is 5.02 Å². The molecule has 6 heteroatoms. The molecule has 0 saturated carbocycles. The van der Waals surface area contributed by atoms with E-state index in [4.69, 9.17) is 22.1 Å². The van der Waals surface area contributed by atoms with Gasteiger partial charge in [-0.1, -0.05) is 29.8 Å². The van der Waals surface area contributed by atoms with Gasteiger partial charge in [-0.15, -0.1) is 0 Å². The normalized spacial score (nSPS) is 10.1. The number of ether oxygens (including phenoxy) is 1. The zero-order chi connectivity index (χ0) is 13.1. The number of nitrogens with two attached hydrogens (primary N) is 1. The molecule has 0 aromatic heterocycles. The fraction of sp³-hybridized carbons (Fsp3) is 0. The number of benzene rings is 2. The first-order valence-electron chi connectivity index (χ1n) is 5.04. The number of hydrogen-bond donors (Lipinski definition) is 1. The van der Waals surface area contributed by atoms with Gasteiger partial charge in [-0.3, -0.25) is 10.1 Å². The summed E-state index contributed by atoms with van der Waals surface area (Å²) >= 11 is 5.75. The molecule has 0 aliphatic carbocycles. The van der Waals surface area contributed by atoms with Gasteiger partial charge in [-0.05, 0) is 12.1 Å². The highest BCUT2D eigenvalue weighted by atomic mass is 35.5. The van der Waals surface area contributed by atoms with E-state index in [-0.39, 0.29) is 22.1 Å². The Labute approximate surface area is 108 Å². The number of halogens is 1. The molecular formula is C12H9ClN2O3. The van der Waals surface area contributed by atoms with Gasteiger partial charge in [-0.2, -0.15) is 0 Å². The van der Waals surface area contributed by atoms with Crippen molar-refractivity contribution >= 4 is 23.0 Å². The Morgan fingerprint density at radius 1 is 1.22 bits per heavy atom. The van der Waals surface area contributed by atoms with E-state index in [1.807, 2.05) is 6.07 Å². The van der Waals surface area contributed by atoms with Crippen LogP contribution < -0.4 is 10.5 Å². The molecule has 92 valence electrons. The lowest BCUT2D eigenvalue weighted by atomic mass is 10.2. The Balaban J connectivity index is 2.43. The van der Waals surface area contributed by atoms with Gasteiger partial charge < -0.3 is 10.5 Å². The van der Waals surface area contributed by atoms with Crippen molar-refractivity contribution < 1.29 is 9.66 Å². The largest absolute Gasteiger partial charge is 0.450 e. The van der Waals surface area contributed by atoms with Gasteiger partial charge >= 0.3 is 5.69 Å². The van der Waals surface area contributed by atoms with Gasteiger partial charge in [0.05, 0.1) is 15.6 Å². The van der Waals surface area contributed by atoms with Gasteiger partial charge in [-0.25, -0.2) is 0 Å². The van der Waals surface area contributed by atoms with Crippen LogP contribution in [-0.2, 0) is 0 Å². The van der Waals surface area contributed by atoms with Crippen LogP contribution in [0.25, 0.3) is 0 Å². The molecule has 5 nitrogen and oxygen atoms in total. The predicted molar refractivity (Wildman–Crippen MR) is 69.0 cm³/mol. The number of anilines is 1. The van der Waals surface area contributed by atoms with E-state index in [1.165, 1.54) is 12.1 Å². The number of para-hydroxylation sites is 1. The van der Waals surface area contributed by atoms with Gasteiger partial charge in [0.1, 0.15) is 5.75 Å². The summed E-state index contributed by atoms with van der Waals surface area (Å²) in [6.45, 7) is 0. The lowest BCUT2D eigenvalue weighted by Crippen LogP contribution is -1.96. The molecular weight excluding hydrogens is 256 g/mol. The van der Waals surface area contributed by atoms with E-state index in [0.29, 0.717) is 5.75 Å². The summed E-state index contributed by atoms with van der Waals surface area (Å²) in [7, 11) is 0. The molecule has 0 aliphatic heterocycles. The van der Waals surface area contributed by atoms with Crippen molar-refractivity contribution in [2.24, 2.45) is 0 Å². The molecule has 0 amide bonds. The van der Waals surface area contributed by atoms with E-state index >= 15 is 0 Å². The summed E-state index contributed by atoms with van der Waals surface area (Å²) in [6.07, 6.45) is 0. The molecule has 0 fully saturated rings. The van der Waals surface area contributed by atoms with Crippen LogP contribution in [0.4, 0.5) is 11.4 Å². The summed E-state index contributed by atoms with van der Waals surface area (Å²) in [5.74, 6) is 0.551. The van der Waals surface area contributed by atoms with Crippen LogP contribution in [0.3, 0.4) is 0 Å². The highest BCUT2D eigenvalue weighted by Gasteiger charge is 2.18. The molecule has 0 radical (unpaired) electrons. The zero-order valence-electron chi connectivity index (χ0n) is 9.17. The number of nitro benzene ring substituents is 1. The van der Waals surface area contributed by atoms with E-state index in [2.05, 4.69) is 0 Å². The van der Waals surface area contributed by atoms with Crippen molar-refractivity contribution in [1.29, 1.82) is 0 Å². The second-order valence-electron chi connectivity index (χ2n) is 3.51. The maximum absolute atomic E-state index is 10.9. The summed E-state index contributed by atoms with van der Waals surface area (Å²) in [4.78, 5) is 10.3. The van der Waals surface area contributed by atoms with Gasteiger partial charge in [0.15, 0.2) is 0 Å². The van der Waals surface area contributed by atoms with Crippen molar-refractivity contribution in [2.75, 3.05) is 5.73 Å². The van der Waals surface area contributed by atoms with Crippen LogP contribution in [0.15, 0.2) is 42.5 Å². The third-order valence-corrected chi connectivity index (χ3v) is 2.57. The Hall–Kier alpha value is -2.27. The average Bonchev–Trinajstić information content (AvgIpc) is 2.34. The van der Waals surface area contributed by atoms with Crippen LogP contribution >= 0.6 is 11.6 Å². The maximum atomic E-state index is 10.9. The Kier molecular flexibility index (Phi) is 3.34. The van der Waals surface area contributed by atoms with Crippen LogP contribution in [0, 0.1) is 10.1 Å². The summed E-state index contributed by atoms with van der Waals surface area (Å²) in [5, 5.41) is 11.0. The van der Waals surface area contributed by atoms with Crippen LogP contribution in [0.5, 0.6) is 11.5 Å². The minimum absolute atomic E-state index is 0.0631. The van der Waals surface area contributed by atoms with E-state index in [1.54, 1.807) is 24.3 Å².